The van der Waals surface area contributed by atoms with Gasteiger partial charge in [-0.1, -0.05) is 26.0 Å². The number of rotatable bonds is 5. The van der Waals surface area contributed by atoms with E-state index < -0.39 is 10.0 Å². The van der Waals surface area contributed by atoms with Crippen LogP contribution in [-0.2, 0) is 16.6 Å². The molecular formula is C21H25FN2O3S. The predicted octanol–water partition coefficient (Wildman–Crippen LogP) is 3.42. The van der Waals surface area contributed by atoms with Gasteiger partial charge in [-0.15, -0.1) is 0 Å². The first-order chi connectivity index (χ1) is 13.3. The number of amides is 1. The summed E-state index contributed by atoms with van der Waals surface area (Å²) in [6.07, 6.45) is 1.03. The fourth-order valence-corrected chi connectivity index (χ4v) is 5.30. The average molecular weight is 405 g/mol. The van der Waals surface area contributed by atoms with Crippen LogP contribution in [0.25, 0.3) is 0 Å². The second-order valence-electron chi connectivity index (χ2n) is 7.60. The fourth-order valence-electron chi connectivity index (χ4n) is 3.62. The molecule has 0 aliphatic carbocycles. The molecule has 3 rings (SSSR count). The number of benzene rings is 2. The normalized spacial score (nSPS) is 20.7. The molecule has 0 radical (unpaired) electrons. The molecule has 1 amide bonds. The molecule has 0 unspecified atom stereocenters. The van der Waals surface area contributed by atoms with Gasteiger partial charge in [-0.3, -0.25) is 4.79 Å². The molecule has 0 spiro atoms. The van der Waals surface area contributed by atoms with Crippen molar-refractivity contribution in [2.45, 2.75) is 31.7 Å². The van der Waals surface area contributed by atoms with Crippen molar-refractivity contribution in [3.05, 3.63) is 65.5 Å². The van der Waals surface area contributed by atoms with Crippen LogP contribution in [0.2, 0.25) is 0 Å². The van der Waals surface area contributed by atoms with Gasteiger partial charge in [0.15, 0.2) is 0 Å². The zero-order chi connectivity index (χ0) is 20.3. The quantitative estimate of drug-likeness (QED) is 0.830. The highest BCUT2D eigenvalue weighted by molar-refractivity contribution is 7.89. The molecule has 1 heterocycles. The zero-order valence-corrected chi connectivity index (χ0v) is 16.9. The summed E-state index contributed by atoms with van der Waals surface area (Å²) in [7, 11) is -3.56. The molecule has 150 valence electrons. The molecule has 0 saturated carbocycles. The van der Waals surface area contributed by atoms with Crippen molar-refractivity contribution in [2.24, 2.45) is 11.8 Å². The van der Waals surface area contributed by atoms with Crippen LogP contribution < -0.4 is 5.32 Å². The Bertz CT molecular complexity index is 917. The first-order valence-corrected chi connectivity index (χ1v) is 10.8. The van der Waals surface area contributed by atoms with Gasteiger partial charge in [-0.2, -0.15) is 4.31 Å². The molecule has 0 bridgehead atoms. The Morgan fingerprint density at radius 2 is 1.61 bits per heavy atom. The lowest BCUT2D eigenvalue weighted by molar-refractivity contribution is 0.0951. The molecule has 1 N–H and O–H groups in total. The van der Waals surface area contributed by atoms with Gasteiger partial charge in [0.1, 0.15) is 5.82 Å². The second-order valence-corrected chi connectivity index (χ2v) is 9.54. The third-order valence-electron chi connectivity index (χ3n) is 4.96. The number of hydrogen-bond acceptors (Lipinski definition) is 3. The highest BCUT2D eigenvalue weighted by atomic mass is 32.2. The van der Waals surface area contributed by atoms with Crippen LogP contribution in [0.15, 0.2) is 53.4 Å². The van der Waals surface area contributed by atoms with E-state index in [9.17, 15) is 17.6 Å². The first kappa shape index (κ1) is 20.5. The van der Waals surface area contributed by atoms with Crippen LogP contribution in [0.4, 0.5) is 4.39 Å². The lowest BCUT2D eigenvalue weighted by Gasteiger charge is -2.34. The smallest absolute Gasteiger partial charge is 0.251 e. The monoisotopic (exact) mass is 404 g/mol. The molecule has 1 aliphatic rings. The highest BCUT2D eigenvalue weighted by Crippen LogP contribution is 2.26. The summed E-state index contributed by atoms with van der Waals surface area (Å²) in [6.45, 7) is 5.43. The van der Waals surface area contributed by atoms with Crippen molar-refractivity contribution < 1.29 is 17.6 Å². The van der Waals surface area contributed by atoms with Gasteiger partial charge in [0.05, 0.1) is 4.90 Å². The Kier molecular flexibility index (Phi) is 6.15. The Labute approximate surface area is 165 Å². The molecule has 7 heteroatoms. The average Bonchev–Trinajstić information content (AvgIpc) is 2.66. The molecule has 5 nitrogen and oxygen atoms in total. The van der Waals surface area contributed by atoms with E-state index in [1.54, 1.807) is 12.1 Å². The number of carbonyl (C=O) groups is 1. The number of nitrogens with zero attached hydrogens (tertiary/aromatic N) is 1. The summed E-state index contributed by atoms with van der Waals surface area (Å²) in [6, 6.07) is 11.9. The van der Waals surface area contributed by atoms with Crippen LogP contribution in [0.5, 0.6) is 0 Å². The number of piperidine rings is 1. The van der Waals surface area contributed by atoms with Gasteiger partial charge in [0.25, 0.3) is 5.91 Å². The van der Waals surface area contributed by atoms with Crippen molar-refractivity contribution >= 4 is 15.9 Å². The standard InChI is InChI=1S/C21H25FN2O3S/c1-15-11-16(2)14-24(13-15)28(26,27)20-9-5-18(6-10-20)21(25)23-12-17-3-7-19(22)8-4-17/h3-10,15-16H,11-14H2,1-2H3,(H,23,25)/t15-,16+. The lowest BCUT2D eigenvalue weighted by atomic mass is 9.94. The third kappa shape index (κ3) is 4.77. The van der Waals surface area contributed by atoms with Crippen molar-refractivity contribution in [3.8, 4) is 0 Å². The summed E-state index contributed by atoms with van der Waals surface area (Å²) >= 11 is 0. The minimum Gasteiger partial charge on any atom is -0.348 e. The van der Waals surface area contributed by atoms with E-state index in [1.165, 1.54) is 40.7 Å². The number of hydrogen-bond donors (Lipinski definition) is 1. The Morgan fingerprint density at radius 3 is 2.18 bits per heavy atom. The zero-order valence-electron chi connectivity index (χ0n) is 16.1. The third-order valence-corrected chi connectivity index (χ3v) is 6.80. The van der Waals surface area contributed by atoms with Gasteiger partial charge in [-0.25, -0.2) is 12.8 Å². The molecular weight excluding hydrogens is 379 g/mol. The van der Waals surface area contributed by atoms with Gasteiger partial charge in [0, 0.05) is 25.2 Å². The number of halogens is 1. The fraction of sp³-hybridized carbons (Fsp3) is 0.381. The molecule has 1 fully saturated rings. The minimum absolute atomic E-state index is 0.198. The van der Waals surface area contributed by atoms with Crippen LogP contribution in [0.3, 0.4) is 0 Å². The number of sulfonamides is 1. The maximum absolute atomic E-state index is 12.9. The lowest BCUT2D eigenvalue weighted by Crippen LogP contribution is -2.42. The van der Waals surface area contributed by atoms with Crippen molar-refractivity contribution in [1.82, 2.24) is 9.62 Å². The maximum atomic E-state index is 12.9. The SMILES string of the molecule is C[C@@H]1C[C@H](C)CN(S(=O)(=O)c2ccc(C(=O)NCc3ccc(F)cc3)cc2)C1. The largest absolute Gasteiger partial charge is 0.348 e. The van der Waals surface area contributed by atoms with E-state index >= 15 is 0 Å². The van der Waals surface area contributed by atoms with E-state index in [1.807, 2.05) is 0 Å². The first-order valence-electron chi connectivity index (χ1n) is 9.38. The summed E-state index contributed by atoms with van der Waals surface area (Å²) in [5.74, 6) is 0.0166. The molecule has 1 saturated heterocycles. The van der Waals surface area contributed by atoms with Crippen LogP contribution in [0, 0.1) is 17.7 Å². The maximum Gasteiger partial charge on any atom is 0.251 e. The predicted molar refractivity (Wildman–Crippen MR) is 106 cm³/mol. The van der Waals surface area contributed by atoms with E-state index in [2.05, 4.69) is 19.2 Å². The van der Waals surface area contributed by atoms with Gasteiger partial charge < -0.3 is 5.32 Å². The van der Waals surface area contributed by atoms with Gasteiger partial charge in [-0.05, 0) is 60.2 Å². The number of carbonyl (C=O) groups excluding carboxylic acids is 1. The molecule has 2 aromatic rings. The Hall–Kier alpha value is -2.25. The minimum atomic E-state index is -3.56. The molecule has 0 aromatic heterocycles. The van der Waals surface area contributed by atoms with Crippen molar-refractivity contribution in [2.75, 3.05) is 13.1 Å². The van der Waals surface area contributed by atoms with E-state index in [0.29, 0.717) is 30.5 Å². The molecule has 2 atom stereocenters. The topological polar surface area (TPSA) is 66.5 Å². The molecule has 28 heavy (non-hydrogen) atoms. The van der Waals surface area contributed by atoms with Gasteiger partial charge >= 0.3 is 0 Å². The molecule has 1 aliphatic heterocycles. The second kappa shape index (κ2) is 8.41. The summed E-state index contributed by atoms with van der Waals surface area (Å²) in [4.78, 5) is 12.5. The number of nitrogens with one attached hydrogen (secondary N) is 1. The van der Waals surface area contributed by atoms with Crippen molar-refractivity contribution in [1.29, 1.82) is 0 Å². The van der Waals surface area contributed by atoms with Crippen LogP contribution >= 0.6 is 0 Å². The summed E-state index contributed by atoms with van der Waals surface area (Å²) in [5.41, 5.74) is 1.16. The van der Waals surface area contributed by atoms with Crippen LogP contribution in [-0.4, -0.2) is 31.7 Å². The van der Waals surface area contributed by atoms with Gasteiger partial charge in [0.2, 0.25) is 10.0 Å². The van der Waals surface area contributed by atoms with Crippen molar-refractivity contribution in [3.63, 3.8) is 0 Å². The molecule has 2 aromatic carbocycles. The van der Waals surface area contributed by atoms with Crippen LogP contribution in [0.1, 0.15) is 36.2 Å². The van der Waals surface area contributed by atoms with E-state index in [0.717, 1.165) is 12.0 Å². The van der Waals surface area contributed by atoms with E-state index in [-0.39, 0.29) is 23.2 Å². The Morgan fingerprint density at radius 1 is 1.04 bits per heavy atom. The summed E-state index contributed by atoms with van der Waals surface area (Å²) < 4.78 is 40.2. The van der Waals surface area contributed by atoms with E-state index in [4.69, 9.17) is 0 Å². The summed E-state index contributed by atoms with van der Waals surface area (Å²) in [5, 5.41) is 2.75. The highest BCUT2D eigenvalue weighted by Gasteiger charge is 2.31. The Balaban J connectivity index is 1.66.